The highest BCUT2D eigenvalue weighted by molar-refractivity contribution is 5.88. The molecule has 1 heterocycles. The average Bonchev–Trinajstić information content (AvgIpc) is 2.93. The number of benzene rings is 1. The molecule has 0 spiro atoms. The van der Waals surface area contributed by atoms with Crippen LogP contribution in [0, 0.1) is 0 Å². The maximum absolute atomic E-state index is 11.7. The molecule has 0 unspecified atom stereocenters. The van der Waals surface area contributed by atoms with E-state index in [0.29, 0.717) is 18.1 Å². The first-order valence-corrected chi connectivity index (χ1v) is 6.87. The first-order valence-electron chi connectivity index (χ1n) is 6.87. The first-order chi connectivity index (χ1) is 10.1. The number of nitrogens with zero attached hydrogens (tertiary/aromatic N) is 2. The smallest absolute Gasteiger partial charge is 0.320 e. The number of amides is 2. The number of hydrogen-bond donors (Lipinski definition) is 2. The molecule has 0 aliphatic heterocycles. The topological polar surface area (TPSA) is 70.4 Å². The summed E-state index contributed by atoms with van der Waals surface area (Å²) in [7, 11) is 4.00. The Balaban J connectivity index is 1.81. The monoisotopic (exact) mass is 288 g/mol. The van der Waals surface area contributed by atoms with Crippen LogP contribution in [0.2, 0.25) is 0 Å². The molecule has 21 heavy (non-hydrogen) atoms. The second-order valence-corrected chi connectivity index (χ2v) is 4.98. The van der Waals surface area contributed by atoms with Gasteiger partial charge >= 0.3 is 6.03 Å². The van der Waals surface area contributed by atoms with E-state index in [-0.39, 0.29) is 6.03 Å². The van der Waals surface area contributed by atoms with Crippen LogP contribution in [-0.4, -0.2) is 43.3 Å². The predicted octanol–water partition coefficient (Wildman–Crippen LogP) is 2.41. The average molecular weight is 288 g/mol. The third-order valence-electron chi connectivity index (χ3n) is 2.88. The van der Waals surface area contributed by atoms with E-state index in [4.69, 9.17) is 4.52 Å². The maximum Gasteiger partial charge on any atom is 0.320 e. The Morgan fingerprint density at radius 3 is 2.76 bits per heavy atom. The van der Waals surface area contributed by atoms with E-state index in [1.807, 2.05) is 44.4 Å². The van der Waals surface area contributed by atoms with Crippen LogP contribution in [0.4, 0.5) is 10.6 Å². The van der Waals surface area contributed by atoms with Gasteiger partial charge in [-0.25, -0.2) is 4.79 Å². The van der Waals surface area contributed by atoms with Crippen molar-refractivity contribution in [3.63, 3.8) is 0 Å². The first kappa shape index (κ1) is 15.1. The number of nitrogens with one attached hydrogen (secondary N) is 2. The highest BCUT2D eigenvalue weighted by Gasteiger charge is 2.08. The third kappa shape index (κ3) is 4.92. The van der Waals surface area contributed by atoms with Crippen molar-refractivity contribution in [2.24, 2.45) is 0 Å². The van der Waals surface area contributed by atoms with Crippen molar-refractivity contribution < 1.29 is 9.32 Å². The number of urea groups is 1. The molecule has 2 amide bonds. The zero-order chi connectivity index (χ0) is 15.1. The lowest BCUT2D eigenvalue weighted by molar-refractivity contribution is 0.251. The molecule has 0 saturated carbocycles. The molecular formula is C15H20N4O2. The van der Waals surface area contributed by atoms with Gasteiger partial charge in [-0.05, 0) is 27.1 Å². The minimum atomic E-state index is -0.276. The summed E-state index contributed by atoms with van der Waals surface area (Å²) >= 11 is 0. The van der Waals surface area contributed by atoms with Gasteiger partial charge in [-0.1, -0.05) is 35.5 Å². The van der Waals surface area contributed by atoms with Crippen molar-refractivity contribution in [2.75, 3.05) is 32.5 Å². The Hall–Kier alpha value is -2.34. The number of carbonyl (C=O) groups is 1. The summed E-state index contributed by atoms with van der Waals surface area (Å²) < 4.78 is 5.21. The Bertz CT molecular complexity index is 566. The van der Waals surface area contributed by atoms with Crippen molar-refractivity contribution in [3.8, 4) is 11.3 Å². The molecule has 1 aromatic carbocycles. The third-order valence-corrected chi connectivity index (χ3v) is 2.88. The molecule has 0 radical (unpaired) electrons. The van der Waals surface area contributed by atoms with Crippen LogP contribution in [0.25, 0.3) is 11.3 Å². The lowest BCUT2D eigenvalue weighted by atomic mass is 10.2. The van der Waals surface area contributed by atoms with E-state index in [1.165, 1.54) is 0 Å². The molecule has 2 aromatic rings. The Kier molecular flexibility index (Phi) is 5.34. The van der Waals surface area contributed by atoms with Gasteiger partial charge in [0.1, 0.15) is 0 Å². The van der Waals surface area contributed by atoms with Crippen LogP contribution in [0.5, 0.6) is 0 Å². The molecule has 0 fully saturated rings. The summed E-state index contributed by atoms with van der Waals surface area (Å²) in [6.45, 7) is 1.55. The van der Waals surface area contributed by atoms with Gasteiger partial charge in [0.25, 0.3) is 0 Å². The van der Waals surface area contributed by atoms with Gasteiger partial charge in [0.15, 0.2) is 11.6 Å². The fourth-order valence-corrected chi connectivity index (χ4v) is 1.83. The van der Waals surface area contributed by atoms with Crippen LogP contribution >= 0.6 is 0 Å². The molecule has 1 aromatic heterocycles. The van der Waals surface area contributed by atoms with Crippen LogP contribution in [0.15, 0.2) is 40.9 Å². The van der Waals surface area contributed by atoms with Crippen molar-refractivity contribution in [1.29, 1.82) is 0 Å². The van der Waals surface area contributed by atoms with E-state index in [0.717, 1.165) is 18.5 Å². The highest BCUT2D eigenvalue weighted by atomic mass is 16.5. The summed E-state index contributed by atoms with van der Waals surface area (Å²) in [5, 5.41) is 9.26. The maximum atomic E-state index is 11.7. The minimum Gasteiger partial charge on any atom is -0.354 e. The van der Waals surface area contributed by atoms with Gasteiger partial charge in [0, 0.05) is 18.2 Å². The molecule has 0 saturated heterocycles. The molecule has 6 heteroatoms. The fourth-order valence-electron chi connectivity index (χ4n) is 1.83. The van der Waals surface area contributed by atoms with Crippen LogP contribution in [0.3, 0.4) is 0 Å². The van der Waals surface area contributed by atoms with E-state index < -0.39 is 0 Å². The number of rotatable bonds is 6. The van der Waals surface area contributed by atoms with Gasteiger partial charge in [-0.2, -0.15) is 0 Å². The lowest BCUT2D eigenvalue weighted by Crippen LogP contribution is -2.31. The SMILES string of the molecule is CN(C)CCCNC(=O)Nc1cc(-c2ccccc2)on1. The zero-order valence-electron chi connectivity index (χ0n) is 12.3. The van der Waals surface area contributed by atoms with E-state index in [2.05, 4.69) is 20.7 Å². The summed E-state index contributed by atoms with van der Waals surface area (Å²) in [4.78, 5) is 13.8. The standard InChI is InChI=1S/C15H20N4O2/c1-19(2)10-6-9-16-15(20)17-14-11-13(21-18-14)12-7-4-3-5-8-12/h3-5,7-8,11H,6,9-10H2,1-2H3,(H2,16,17,18,20). The normalized spacial score (nSPS) is 10.6. The van der Waals surface area contributed by atoms with Gasteiger partial charge in [-0.3, -0.25) is 5.32 Å². The molecular weight excluding hydrogens is 268 g/mol. The van der Waals surface area contributed by atoms with Crippen molar-refractivity contribution in [3.05, 3.63) is 36.4 Å². The van der Waals surface area contributed by atoms with Crippen molar-refractivity contribution in [1.82, 2.24) is 15.4 Å². The van der Waals surface area contributed by atoms with Crippen molar-refractivity contribution >= 4 is 11.8 Å². The molecule has 0 aliphatic rings. The van der Waals surface area contributed by atoms with Gasteiger partial charge in [0.05, 0.1) is 0 Å². The van der Waals surface area contributed by atoms with E-state index in [1.54, 1.807) is 6.07 Å². The van der Waals surface area contributed by atoms with Gasteiger partial charge in [0.2, 0.25) is 0 Å². The Morgan fingerprint density at radius 2 is 2.05 bits per heavy atom. The summed E-state index contributed by atoms with van der Waals surface area (Å²) in [5.74, 6) is 1.03. The van der Waals surface area contributed by atoms with E-state index >= 15 is 0 Å². The second kappa shape index (κ2) is 7.44. The molecule has 2 rings (SSSR count). The number of carbonyl (C=O) groups excluding carboxylic acids is 1. The lowest BCUT2D eigenvalue weighted by Gasteiger charge is -2.09. The summed E-state index contributed by atoms with van der Waals surface area (Å²) in [6.07, 6.45) is 0.897. The molecule has 6 nitrogen and oxygen atoms in total. The summed E-state index contributed by atoms with van der Waals surface area (Å²) in [5.41, 5.74) is 0.921. The van der Waals surface area contributed by atoms with Gasteiger partial charge in [-0.15, -0.1) is 0 Å². The number of hydrogen-bond acceptors (Lipinski definition) is 4. The Morgan fingerprint density at radius 1 is 1.29 bits per heavy atom. The fraction of sp³-hybridized carbons (Fsp3) is 0.333. The molecule has 0 atom stereocenters. The Labute approximate surface area is 124 Å². The number of aromatic nitrogens is 1. The molecule has 0 bridgehead atoms. The molecule has 112 valence electrons. The molecule has 0 aliphatic carbocycles. The van der Waals surface area contributed by atoms with Gasteiger partial charge < -0.3 is 14.7 Å². The van der Waals surface area contributed by atoms with Crippen LogP contribution < -0.4 is 10.6 Å². The zero-order valence-corrected chi connectivity index (χ0v) is 12.3. The van der Waals surface area contributed by atoms with Crippen LogP contribution in [-0.2, 0) is 0 Å². The second-order valence-electron chi connectivity index (χ2n) is 4.98. The number of anilines is 1. The van der Waals surface area contributed by atoms with Crippen molar-refractivity contribution in [2.45, 2.75) is 6.42 Å². The molecule has 2 N–H and O–H groups in total. The van der Waals surface area contributed by atoms with Crippen LogP contribution in [0.1, 0.15) is 6.42 Å². The minimum absolute atomic E-state index is 0.276. The predicted molar refractivity (Wildman–Crippen MR) is 82.1 cm³/mol. The summed E-state index contributed by atoms with van der Waals surface area (Å²) in [6, 6.07) is 11.0. The highest BCUT2D eigenvalue weighted by Crippen LogP contribution is 2.21. The largest absolute Gasteiger partial charge is 0.354 e. The van der Waals surface area contributed by atoms with E-state index in [9.17, 15) is 4.79 Å². The quantitative estimate of drug-likeness (QED) is 0.801.